The summed E-state index contributed by atoms with van der Waals surface area (Å²) in [6.45, 7) is 3.56. The zero-order chi connectivity index (χ0) is 14.0. The fraction of sp³-hybridized carbons (Fsp3) is 0.231. The van der Waals surface area contributed by atoms with E-state index < -0.39 is 11.7 Å². The maximum atomic E-state index is 13.6. The number of nitrogens with one attached hydrogen (secondary N) is 2. The number of aryl methyl sites for hydroxylation is 1. The van der Waals surface area contributed by atoms with E-state index in [-0.39, 0.29) is 17.1 Å². The van der Waals surface area contributed by atoms with Crippen molar-refractivity contribution in [2.45, 2.75) is 13.8 Å². The number of carbonyl (C=O) groups excluding carboxylic acids is 1. The lowest BCUT2D eigenvalue weighted by molar-refractivity contribution is 0.102. The molecule has 1 aromatic carbocycles. The molecule has 0 unspecified atom stereocenters. The Morgan fingerprint density at radius 1 is 1.37 bits per heavy atom. The molecule has 100 valence electrons. The van der Waals surface area contributed by atoms with E-state index in [9.17, 15) is 9.18 Å². The van der Waals surface area contributed by atoms with Crippen LogP contribution in [0.1, 0.15) is 21.6 Å². The van der Waals surface area contributed by atoms with E-state index in [0.29, 0.717) is 5.69 Å². The van der Waals surface area contributed by atoms with Crippen LogP contribution in [-0.2, 0) is 0 Å². The first-order valence-electron chi connectivity index (χ1n) is 5.75. The molecule has 0 aliphatic rings. The van der Waals surface area contributed by atoms with E-state index in [2.05, 4.69) is 15.8 Å². The minimum atomic E-state index is -0.486. The molecule has 1 heterocycles. The number of aromatic nitrogens is 1. The number of amides is 1. The molecule has 0 spiro atoms. The lowest BCUT2D eigenvalue weighted by atomic mass is 10.1. The van der Waals surface area contributed by atoms with Crippen molar-refractivity contribution in [1.82, 2.24) is 5.16 Å². The average molecular weight is 263 g/mol. The summed E-state index contributed by atoms with van der Waals surface area (Å²) in [5, 5.41) is 8.99. The normalized spacial score (nSPS) is 10.3. The van der Waals surface area contributed by atoms with Gasteiger partial charge in [-0.05, 0) is 26.0 Å². The number of nitrogens with zero attached hydrogens (tertiary/aromatic N) is 1. The molecule has 19 heavy (non-hydrogen) atoms. The Balaban J connectivity index is 2.30. The van der Waals surface area contributed by atoms with Crippen molar-refractivity contribution in [3.8, 4) is 0 Å². The second-order valence-electron chi connectivity index (χ2n) is 4.09. The quantitative estimate of drug-likeness (QED) is 0.893. The molecule has 0 bridgehead atoms. The van der Waals surface area contributed by atoms with Crippen molar-refractivity contribution in [2.75, 3.05) is 17.7 Å². The smallest absolute Gasteiger partial charge is 0.260 e. The van der Waals surface area contributed by atoms with Crippen LogP contribution in [0.25, 0.3) is 0 Å². The van der Waals surface area contributed by atoms with Gasteiger partial charge >= 0.3 is 0 Å². The molecule has 6 heteroatoms. The second-order valence-corrected chi connectivity index (χ2v) is 4.09. The van der Waals surface area contributed by atoms with Crippen LogP contribution in [0, 0.1) is 19.7 Å². The van der Waals surface area contributed by atoms with Gasteiger partial charge in [0.15, 0.2) is 0 Å². The van der Waals surface area contributed by atoms with E-state index in [1.54, 1.807) is 20.9 Å². The summed E-state index contributed by atoms with van der Waals surface area (Å²) in [6.07, 6.45) is 0. The summed E-state index contributed by atoms with van der Waals surface area (Å²) in [4.78, 5) is 12.1. The van der Waals surface area contributed by atoms with Crippen molar-refractivity contribution in [3.63, 3.8) is 0 Å². The van der Waals surface area contributed by atoms with Crippen molar-refractivity contribution in [1.29, 1.82) is 0 Å². The highest BCUT2D eigenvalue weighted by molar-refractivity contribution is 6.07. The molecule has 2 aromatic rings. The molecule has 1 aromatic heterocycles. The standard InChI is InChI=1S/C13H14FN3O2/c1-7-8(2)17-19-13(7)16-12(18)9-5-4-6-10(14)11(9)15-3/h4-6,15H,1-3H3,(H,16,18). The number of para-hydroxylation sites is 1. The van der Waals surface area contributed by atoms with E-state index in [1.807, 2.05) is 0 Å². The third kappa shape index (κ3) is 2.42. The summed E-state index contributed by atoms with van der Waals surface area (Å²) in [5.74, 6) is -0.669. The molecule has 0 atom stereocenters. The zero-order valence-electron chi connectivity index (χ0n) is 10.9. The highest BCUT2D eigenvalue weighted by Gasteiger charge is 2.17. The Morgan fingerprint density at radius 2 is 2.11 bits per heavy atom. The van der Waals surface area contributed by atoms with Gasteiger partial charge in [0.05, 0.1) is 16.9 Å². The Labute approximate surface area is 109 Å². The van der Waals surface area contributed by atoms with Crippen LogP contribution in [0.2, 0.25) is 0 Å². The van der Waals surface area contributed by atoms with Gasteiger partial charge in [0.1, 0.15) is 5.82 Å². The highest BCUT2D eigenvalue weighted by atomic mass is 19.1. The molecule has 0 saturated carbocycles. The number of anilines is 2. The number of halogens is 1. The Hall–Kier alpha value is -2.37. The van der Waals surface area contributed by atoms with Crippen LogP contribution >= 0.6 is 0 Å². The van der Waals surface area contributed by atoms with E-state index >= 15 is 0 Å². The minimum Gasteiger partial charge on any atom is -0.385 e. The molecule has 1 amide bonds. The number of rotatable bonds is 3. The predicted octanol–water partition coefficient (Wildman–Crippen LogP) is 2.72. The molecule has 0 saturated heterocycles. The fourth-order valence-corrected chi connectivity index (χ4v) is 1.67. The molecule has 2 N–H and O–H groups in total. The van der Waals surface area contributed by atoms with Gasteiger partial charge < -0.3 is 9.84 Å². The average Bonchev–Trinajstić information content (AvgIpc) is 2.70. The fourth-order valence-electron chi connectivity index (χ4n) is 1.67. The molecule has 0 aliphatic carbocycles. The molecule has 0 fully saturated rings. The monoisotopic (exact) mass is 263 g/mol. The first-order valence-corrected chi connectivity index (χ1v) is 5.75. The molecular formula is C13H14FN3O2. The van der Waals surface area contributed by atoms with Crippen LogP contribution in [0.4, 0.5) is 16.0 Å². The maximum Gasteiger partial charge on any atom is 0.260 e. The largest absolute Gasteiger partial charge is 0.385 e. The number of hydrogen-bond acceptors (Lipinski definition) is 4. The van der Waals surface area contributed by atoms with Crippen LogP contribution in [0.5, 0.6) is 0 Å². The van der Waals surface area contributed by atoms with Crippen molar-refractivity contribution >= 4 is 17.5 Å². The summed E-state index contributed by atoms with van der Waals surface area (Å²) in [5.41, 5.74) is 1.80. The minimum absolute atomic E-state index is 0.147. The summed E-state index contributed by atoms with van der Waals surface area (Å²) in [6, 6.07) is 4.29. The van der Waals surface area contributed by atoms with Gasteiger partial charge in [-0.3, -0.25) is 10.1 Å². The van der Waals surface area contributed by atoms with Crippen LogP contribution in [-0.4, -0.2) is 18.1 Å². The van der Waals surface area contributed by atoms with E-state index in [0.717, 1.165) is 5.56 Å². The molecular weight excluding hydrogens is 249 g/mol. The molecule has 0 radical (unpaired) electrons. The first kappa shape index (κ1) is 13.1. The SMILES string of the molecule is CNc1c(F)cccc1C(=O)Nc1onc(C)c1C. The predicted molar refractivity (Wildman–Crippen MR) is 69.9 cm³/mol. The van der Waals surface area contributed by atoms with E-state index in [1.165, 1.54) is 18.2 Å². The molecule has 0 aliphatic heterocycles. The Morgan fingerprint density at radius 3 is 2.68 bits per heavy atom. The van der Waals surface area contributed by atoms with Crippen LogP contribution in [0.3, 0.4) is 0 Å². The molecule has 2 rings (SSSR count). The Kier molecular flexibility index (Phi) is 3.50. The van der Waals surface area contributed by atoms with Crippen molar-refractivity contribution < 1.29 is 13.7 Å². The summed E-state index contributed by atoms with van der Waals surface area (Å²) < 4.78 is 18.5. The van der Waals surface area contributed by atoms with Crippen LogP contribution < -0.4 is 10.6 Å². The van der Waals surface area contributed by atoms with Gasteiger partial charge in [0, 0.05) is 12.6 Å². The second kappa shape index (κ2) is 5.09. The third-order valence-electron chi connectivity index (χ3n) is 2.89. The topological polar surface area (TPSA) is 67.2 Å². The third-order valence-corrected chi connectivity index (χ3v) is 2.89. The number of hydrogen-bond donors (Lipinski definition) is 2. The maximum absolute atomic E-state index is 13.6. The van der Waals surface area contributed by atoms with Crippen molar-refractivity contribution in [2.24, 2.45) is 0 Å². The van der Waals surface area contributed by atoms with Gasteiger partial charge in [-0.15, -0.1) is 0 Å². The van der Waals surface area contributed by atoms with E-state index in [4.69, 9.17) is 4.52 Å². The highest BCUT2D eigenvalue weighted by Crippen LogP contribution is 2.22. The summed E-state index contributed by atoms with van der Waals surface area (Å²) in [7, 11) is 1.55. The van der Waals surface area contributed by atoms with Gasteiger partial charge in [-0.25, -0.2) is 4.39 Å². The van der Waals surface area contributed by atoms with Gasteiger partial charge in [-0.1, -0.05) is 11.2 Å². The summed E-state index contributed by atoms with van der Waals surface area (Å²) >= 11 is 0. The number of carbonyl (C=O) groups is 1. The van der Waals surface area contributed by atoms with Crippen molar-refractivity contribution in [3.05, 3.63) is 40.8 Å². The first-order chi connectivity index (χ1) is 9.04. The zero-order valence-corrected chi connectivity index (χ0v) is 10.9. The Bertz CT molecular complexity index is 622. The molecule has 5 nitrogen and oxygen atoms in total. The lowest BCUT2D eigenvalue weighted by Crippen LogP contribution is -2.15. The van der Waals surface area contributed by atoms with Crippen LogP contribution in [0.15, 0.2) is 22.7 Å². The van der Waals surface area contributed by atoms with Gasteiger partial charge in [0.2, 0.25) is 5.88 Å². The van der Waals surface area contributed by atoms with Gasteiger partial charge in [-0.2, -0.15) is 0 Å². The van der Waals surface area contributed by atoms with Gasteiger partial charge in [0.25, 0.3) is 5.91 Å². The lowest BCUT2D eigenvalue weighted by Gasteiger charge is -2.09. The number of benzene rings is 1.